The number of para-hydroxylation sites is 3. The molecular formula is C46H33N5. The second-order valence-electron chi connectivity index (χ2n) is 13.1. The third-order valence-corrected chi connectivity index (χ3v) is 10.3. The van der Waals surface area contributed by atoms with Crippen LogP contribution in [0.15, 0.2) is 163 Å². The van der Waals surface area contributed by atoms with Gasteiger partial charge in [0.05, 0.1) is 46.0 Å². The van der Waals surface area contributed by atoms with Crippen LogP contribution in [0, 0.1) is 34.0 Å². The van der Waals surface area contributed by atoms with E-state index in [1.807, 2.05) is 67.6 Å². The molecule has 2 heterocycles. The van der Waals surface area contributed by atoms with Crippen molar-refractivity contribution in [3.05, 3.63) is 185 Å². The van der Waals surface area contributed by atoms with Gasteiger partial charge in [0.2, 0.25) is 0 Å². The summed E-state index contributed by atoms with van der Waals surface area (Å²) >= 11 is 0. The summed E-state index contributed by atoms with van der Waals surface area (Å²) in [6.07, 6.45) is 19.8. The maximum absolute atomic E-state index is 9.99. The molecular weight excluding hydrogens is 623 g/mol. The highest BCUT2D eigenvalue weighted by Crippen LogP contribution is 2.47. The van der Waals surface area contributed by atoms with Crippen molar-refractivity contribution in [3.8, 4) is 23.9 Å². The van der Waals surface area contributed by atoms with Crippen molar-refractivity contribution in [3.63, 3.8) is 0 Å². The van der Waals surface area contributed by atoms with Gasteiger partial charge in [-0.05, 0) is 72.0 Å². The van der Waals surface area contributed by atoms with Crippen molar-refractivity contribution in [2.45, 2.75) is 31.3 Å². The zero-order valence-electron chi connectivity index (χ0n) is 28.2. The van der Waals surface area contributed by atoms with E-state index in [2.05, 4.69) is 113 Å². The summed E-state index contributed by atoms with van der Waals surface area (Å²) in [5.41, 5.74) is 10.6. The third-order valence-electron chi connectivity index (χ3n) is 10.3. The molecule has 0 saturated carbocycles. The van der Waals surface area contributed by atoms with Crippen LogP contribution >= 0.6 is 0 Å². The minimum absolute atomic E-state index is 0.141. The SMILES string of the molecule is C=C(/C=C\C=C(/C)c1cc(C#N)c(C#N)cc1-n1c2ccccc2c2ccccc21)C1=CC(N2c3ccccc3C3C=C(C#N)C=CC32)CC=C1. The molecule has 2 aliphatic carbocycles. The summed E-state index contributed by atoms with van der Waals surface area (Å²) in [5, 5.41) is 31.8. The molecule has 0 saturated heterocycles. The lowest BCUT2D eigenvalue weighted by molar-refractivity contribution is 0.611. The molecule has 3 aliphatic rings. The van der Waals surface area contributed by atoms with Gasteiger partial charge < -0.3 is 9.47 Å². The van der Waals surface area contributed by atoms with Gasteiger partial charge in [-0.1, -0.05) is 110 Å². The lowest BCUT2D eigenvalue weighted by atomic mass is 9.88. The fourth-order valence-electron chi connectivity index (χ4n) is 7.87. The van der Waals surface area contributed by atoms with E-state index in [9.17, 15) is 15.8 Å². The fraction of sp³-hybridized carbons (Fsp3) is 0.109. The lowest BCUT2D eigenvalue weighted by Gasteiger charge is -2.36. The van der Waals surface area contributed by atoms with Gasteiger partial charge in [0.1, 0.15) is 12.1 Å². The number of aromatic nitrogens is 1. The summed E-state index contributed by atoms with van der Waals surface area (Å²) in [6, 6.07) is 35.8. The zero-order valence-corrected chi connectivity index (χ0v) is 28.2. The molecule has 5 nitrogen and oxygen atoms in total. The average molecular weight is 656 g/mol. The van der Waals surface area contributed by atoms with E-state index in [1.54, 1.807) is 0 Å². The maximum atomic E-state index is 9.99. The highest BCUT2D eigenvalue weighted by atomic mass is 15.2. The van der Waals surface area contributed by atoms with Crippen molar-refractivity contribution in [1.29, 1.82) is 15.8 Å². The van der Waals surface area contributed by atoms with Crippen LogP contribution in [-0.4, -0.2) is 16.7 Å². The number of fused-ring (bicyclic) bond motifs is 6. The van der Waals surface area contributed by atoms with Gasteiger partial charge in [0.15, 0.2) is 0 Å². The number of nitrogens with zero attached hydrogens (tertiary/aromatic N) is 5. The quantitative estimate of drug-likeness (QED) is 0.171. The largest absolute Gasteiger partial charge is 0.357 e. The first-order valence-corrected chi connectivity index (χ1v) is 17.1. The Labute approximate surface area is 297 Å². The molecule has 0 spiro atoms. The maximum Gasteiger partial charge on any atom is 0.101 e. The summed E-state index contributed by atoms with van der Waals surface area (Å²) in [5.74, 6) is 0.149. The number of hydrogen-bond donors (Lipinski definition) is 0. The van der Waals surface area contributed by atoms with E-state index in [0.717, 1.165) is 56.2 Å². The van der Waals surface area contributed by atoms with Gasteiger partial charge >= 0.3 is 0 Å². The second kappa shape index (κ2) is 12.9. The molecule has 242 valence electrons. The molecule has 3 unspecified atom stereocenters. The minimum atomic E-state index is 0.141. The Morgan fingerprint density at radius 1 is 0.804 bits per heavy atom. The number of nitriles is 3. The van der Waals surface area contributed by atoms with Crippen molar-refractivity contribution in [1.82, 2.24) is 4.57 Å². The molecule has 1 aliphatic heterocycles. The molecule has 0 radical (unpaired) electrons. The van der Waals surface area contributed by atoms with Crippen LogP contribution in [0.5, 0.6) is 0 Å². The van der Waals surface area contributed by atoms with Crippen LogP contribution in [0.25, 0.3) is 33.1 Å². The first-order valence-electron chi connectivity index (χ1n) is 17.1. The van der Waals surface area contributed by atoms with Gasteiger partial charge in [-0.2, -0.15) is 15.8 Å². The zero-order chi connectivity index (χ0) is 35.1. The monoisotopic (exact) mass is 655 g/mol. The van der Waals surface area contributed by atoms with E-state index in [0.29, 0.717) is 16.7 Å². The summed E-state index contributed by atoms with van der Waals surface area (Å²) in [6.45, 7) is 6.47. The van der Waals surface area contributed by atoms with Crippen LogP contribution in [-0.2, 0) is 0 Å². The normalized spacial score (nSPS) is 19.3. The molecule has 0 amide bonds. The molecule has 5 aromatic rings. The molecule has 5 heteroatoms. The number of benzene rings is 4. The van der Waals surface area contributed by atoms with Crippen LogP contribution in [0.3, 0.4) is 0 Å². The smallest absolute Gasteiger partial charge is 0.101 e. The molecule has 0 fully saturated rings. The van der Waals surface area contributed by atoms with Crippen LogP contribution < -0.4 is 4.90 Å². The predicted octanol–water partition coefficient (Wildman–Crippen LogP) is 10.3. The Hall–Kier alpha value is -6.87. The predicted molar refractivity (Wildman–Crippen MR) is 206 cm³/mol. The molecule has 8 rings (SSSR count). The second-order valence-corrected chi connectivity index (χ2v) is 13.1. The van der Waals surface area contributed by atoms with E-state index in [4.69, 9.17) is 0 Å². The summed E-state index contributed by atoms with van der Waals surface area (Å²) in [4.78, 5) is 2.49. The van der Waals surface area contributed by atoms with Gasteiger partial charge in [0, 0.05) is 33.5 Å². The highest BCUT2D eigenvalue weighted by Gasteiger charge is 2.40. The summed E-state index contributed by atoms with van der Waals surface area (Å²) < 4.78 is 2.19. The Morgan fingerprint density at radius 3 is 2.22 bits per heavy atom. The highest BCUT2D eigenvalue weighted by molar-refractivity contribution is 6.09. The number of rotatable bonds is 6. The van der Waals surface area contributed by atoms with Crippen LogP contribution in [0.2, 0.25) is 0 Å². The van der Waals surface area contributed by atoms with Crippen molar-refractivity contribution >= 4 is 33.1 Å². The number of allylic oxidation sites excluding steroid dienone is 9. The molecule has 0 N–H and O–H groups in total. The molecule has 51 heavy (non-hydrogen) atoms. The van der Waals surface area contributed by atoms with E-state index in [-0.39, 0.29) is 18.0 Å². The number of anilines is 1. The Bertz CT molecular complexity index is 2540. The van der Waals surface area contributed by atoms with Gasteiger partial charge in [0.25, 0.3) is 0 Å². The van der Waals surface area contributed by atoms with Crippen molar-refractivity contribution in [2.24, 2.45) is 0 Å². The van der Waals surface area contributed by atoms with Crippen LogP contribution in [0.4, 0.5) is 5.69 Å². The van der Waals surface area contributed by atoms with E-state index >= 15 is 0 Å². The van der Waals surface area contributed by atoms with Crippen molar-refractivity contribution in [2.75, 3.05) is 4.90 Å². The lowest BCUT2D eigenvalue weighted by Crippen LogP contribution is -2.41. The molecule has 3 atom stereocenters. The standard InChI is InChI=1S/C46H33N5/c1-30(33-13-10-14-36(24-33)50-42-18-6-5-17-39(42)41-23-32(27-47)21-22-45(41)50)11-9-12-31(2)40-25-34(28-48)35(29-49)26-46(40)51-43-19-7-3-15-37(43)38-16-4-8-20-44(38)51/h3-13,15-26,36,41,45H,1,14H2,2H3/b11-9-,31-12+. The summed E-state index contributed by atoms with van der Waals surface area (Å²) in [7, 11) is 0. The minimum Gasteiger partial charge on any atom is -0.357 e. The Morgan fingerprint density at radius 2 is 1.49 bits per heavy atom. The molecule has 0 bridgehead atoms. The number of hydrogen-bond acceptors (Lipinski definition) is 4. The Kier molecular flexibility index (Phi) is 7.92. The van der Waals surface area contributed by atoms with E-state index in [1.165, 1.54) is 11.3 Å². The first-order chi connectivity index (χ1) is 25.0. The average Bonchev–Trinajstić information content (AvgIpc) is 3.69. The van der Waals surface area contributed by atoms with Gasteiger partial charge in [-0.3, -0.25) is 0 Å². The fourth-order valence-corrected chi connectivity index (χ4v) is 7.87. The van der Waals surface area contributed by atoms with Gasteiger partial charge in [-0.15, -0.1) is 0 Å². The topological polar surface area (TPSA) is 79.5 Å². The molecule has 1 aromatic heterocycles. The van der Waals surface area contributed by atoms with E-state index < -0.39 is 0 Å². The third kappa shape index (κ3) is 5.32. The van der Waals surface area contributed by atoms with Crippen LogP contribution in [0.1, 0.15) is 41.5 Å². The van der Waals surface area contributed by atoms with Crippen molar-refractivity contribution < 1.29 is 0 Å². The van der Waals surface area contributed by atoms with Gasteiger partial charge in [-0.25, -0.2) is 0 Å². The molecule has 4 aromatic carbocycles. The first kappa shape index (κ1) is 31.4. The Balaban J connectivity index is 1.12.